The second-order valence-corrected chi connectivity index (χ2v) is 2.70. The Balaban J connectivity index is 2.84. The van der Waals surface area contributed by atoms with Crippen LogP contribution in [-0.4, -0.2) is 20.8 Å². The molecular weight excluding hydrogens is 196 g/mol. The third-order valence-corrected chi connectivity index (χ3v) is 1.61. The molecule has 0 radical (unpaired) electrons. The third kappa shape index (κ3) is 2.51. The molecule has 0 atom stereocenters. The molecule has 0 bridgehead atoms. The van der Waals surface area contributed by atoms with Gasteiger partial charge in [-0.3, -0.25) is 10.2 Å². The Hall–Kier alpha value is -2.41. The van der Waals surface area contributed by atoms with Gasteiger partial charge in [-0.05, 0) is 6.92 Å². The van der Waals surface area contributed by atoms with E-state index in [0.29, 0.717) is 11.6 Å². The molecule has 1 amide bonds. The summed E-state index contributed by atoms with van der Waals surface area (Å²) in [6, 6.07) is 3.62. The van der Waals surface area contributed by atoms with Crippen molar-refractivity contribution in [3.05, 3.63) is 11.6 Å². The number of carbonyl (C=O) groups excluding carboxylic acids is 1. The molecule has 1 rings (SSSR count). The van der Waals surface area contributed by atoms with Gasteiger partial charge in [0.25, 0.3) is 5.91 Å². The van der Waals surface area contributed by atoms with Gasteiger partial charge >= 0.3 is 0 Å². The fourth-order valence-corrected chi connectivity index (χ4v) is 0.973. The number of rotatable bonds is 3. The Kier molecular flexibility index (Phi) is 3.36. The van der Waals surface area contributed by atoms with E-state index in [1.54, 1.807) is 13.0 Å². The molecule has 1 aromatic rings. The van der Waals surface area contributed by atoms with Crippen LogP contribution in [0, 0.1) is 29.6 Å². The fourth-order valence-electron chi connectivity index (χ4n) is 0.973. The largest absolute Gasteiger partial charge is 0.272 e. The van der Waals surface area contributed by atoms with Crippen LogP contribution in [0.4, 0.5) is 0 Å². The second kappa shape index (κ2) is 4.72. The maximum absolute atomic E-state index is 11.1. The zero-order valence-corrected chi connectivity index (χ0v) is 8.06. The van der Waals surface area contributed by atoms with Gasteiger partial charge < -0.3 is 0 Å². The lowest BCUT2D eigenvalue weighted by Crippen LogP contribution is -2.25. The first-order chi connectivity index (χ1) is 7.19. The molecule has 0 saturated heterocycles. The van der Waals surface area contributed by atoms with Gasteiger partial charge in [-0.1, -0.05) is 0 Å². The number of carbonyl (C=O) groups is 1. The van der Waals surface area contributed by atoms with Gasteiger partial charge in [0.1, 0.15) is 12.2 Å². The number of aromatic nitrogens is 3. The van der Waals surface area contributed by atoms with Crippen molar-refractivity contribution in [3.8, 4) is 12.1 Å². The molecule has 0 fully saturated rings. The van der Waals surface area contributed by atoms with Crippen molar-refractivity contribution in [1.82, 2.24) is 14.9 Å². The molecule has 7 nitrogen and oxygen atoms in total. The number of hydrogen-bond donors (Lipinski definition) is 1. The SMILES string of the molecule is Cc1nnc(CC#N)n1NC(=O)CC#N. The lowest BCUT2D eigenvalue weighted by Gasteiger charge is -2.06. The minimum atomic E-state index is -0.459. The first-order valence-electron chi connectivity index (χ1n) is 4.13. The van der Waals surface area contributed by atoms with Crippen LogP contribution in [0.5, 0.6) is 0 Å². The molecule has 76 valence electrons. The molecule has 0 aromatic carbocycles. The average molecular weight is 204 g/mol. The van der Waals surface area contributed by atoms with Crippen LogP contribution in [0.1, 0.15) is 18.1 Å². The molecule has 0 aliphatic carbocycles. The summed E-state index contributed by atoms with van der Waals surface area (Å²) < 4.78 is 1.31. The highest BCUT2D eigenvalue weighted by Crippen LogP contribution is 1.98. The van der Waals surface area contributed by atoms with Gasteiger partial charge in [0, 0.05) is 0 Å². The lowest BCUT2D eigenvalue weighted by atomic mass is 10.4. The Labute approximate surface area is 85.9 Å². The van der Waals surface area contributed by atoms with Crippen LogP contribution in [0.3, 0.4) is 0 Å². The molecule has 0 saturated carbocycles. The van der Waals surface area contributed by atoms with Crippen molar-refractivity contribution in [2.75, 3.05) is 5.43 Å². The number of aryl methyl sites for hydroxylation is 1. The Morgan fingerprint density at radius 1 is 1.47 bits per heavy atom. The number of hydrogen-bond acceptors (Lipinski definition) is 5. The number of nitrogens with one attached hydrogen (secondary N) is 1. The molecule has 0 aliphatic rings. The van der Waals surface area contributed by atoms with E-state index >= 15 is 0 Å². The van der Waals surface area contributed by atoms with E-state index in [-0.39, 0.29) is 12.8 Å². The Bertz CT molecular complexity index is 449. The summed E-state index contributed by atoms with van der Waals surface area (Å²) >= 11 is 0. The minimum absolute atomic E-state index is 0.0493. The number of amides is 1. The van der Waals surface area contributed by atoms with E-state index in [2.05, 4.69) is 15.6 Å². The highest BCUT2D eigenvalue weighted by Gasteiger charge is 2.10. The van der Waals surface area contributed by atoms with Crippen LogP contribution >= 0.6 is 0 Å². The van der Waals surface area contributed by atoms with E-state index in [0.717, 1.165) is 0 Å². The maximum Gasteiger partial charge on any atom is 0.253 e. The standard InChI is InChI=1S/C8H8N6O/c1-6-11-12-7(2-4-9)14(6)13-8(15)3-5-10/h2-3H2,1H3,(H,13,15). The number of nitriles is 2. The summed E-state index contributed by atoms with van der Waals surface area (Å²) in [6.07, 6.45) is -0.197. The summed E-state index contributed by atoms with van der Waals surface area (Å²) in [5, 5.41) is 24.2. The van der Waals surface area contributed by atoms with Crippen molar-refractivity contribution in [3.63, 3.8) is 0 Å². The molecule has 0 aliphatic heterocycles. The normalized spacial score (nSPS) is 9.00. The summed E-state index contributed by atoms with van der Waals surface area (Å²) in [4.78, 5) is 11.1. The molecule has 7 heteroatoms. The zero-order chi connectivity index (χ0) is 11.3. The first kappa shape index (κ1) is 10.7. The van der Waals surface area contributed by atoms with Gasteiger partial charge in [-0.2, -0.15) is 10.5 Å². The third-order valence-electron chi connectivity index (χ3n) is 1.61. The van der Waals surface area contributed by atoms with Crippen molar-refractivity contribution >= 4 is 5.91 Å². The monoisotopic (exact) mass is 204 g/mol. The predicted molar refractivity (Wildman–Crippen MR) is 48.7 cm³/mol. The maximum atomic E-state index is 11.1. The van der Waals surface area contributed by atoms with E-state index < -0.39 is 5.91 Å². The Morgan fingerprint density at radius 2 is 2.20 bits per heavy atom. The zero-order valence-electron chi connectivity index (χ0n) is 8.06. The average Bonchev–Trinajstić information content (AvgIpc) is 2.51. The van der Waals surface area contributed by atoms with E-state index in [9.17, 15) is 4.79 Å². The molecular formula is C8H8N6O. The fraction of sp³-hybridized carbons (Fsp3) is 0.375. The molecule has 1 aromatic heterocycles. The quantitative estimate of drug-likeness (QED) is 0.723. The summed E-state index contributed by atoms with van der Waals surface area (Å²) in [7, 11) is 0. The molecule has 1 N–H and O–H groups in total. The summed E-state index contributed by atoms with van der Waals surface area (Å²) in [5.74, 6) is 0.354. The molecule has 0 spiro atoms. The predicted octanol–water partition coefficient (Wildman–Crippen LogP) is -0.364. The van der Waals surface area contributed by atoms with Crippen LogP contribution in [0.15, 0.2) is 0 Å². The van der Waals surface area contributed by atoms with Crippen molar-refractivity contribution < 1.29 is 4.79 Å². The van der Waals surface area contributed by atoms with Gasteiger partial charge in [0.2, 0.25) is 0 Å². The molecule has 15 heavy (non-hydrogen) atoms. The van der Waals surface area contributed by atoms with Crippen LogP contribution in [-0.2, 0) is 11.2 Å². The number of nitrogens with zero attached hydrogens (tertiary/aromatic N) is 5. The second-order valence-electron chi connectivity index (χ2n) is 2.70. The minimum Gasteiger partial charge on any atom is -0.272 e. The Morgan fingerprint density at radius 3 is 2.80 bits per heavy atom. The van der Waals surface area contributed by atoms with Crippen LogP contribution < -0.4 is 5.43 Å². The first-order valence-corrected chi connectivity index (χ1v) is 4.13. The van der Waals surface area contributed by atoms with Crippen molar-refractivity contribution in [1.29, 1.82) is 10.5 Å². The summed E-state index contributed by atoms with van der Waals surface area (Å²) in [5.41, 5.74) is 2.42. The van der Waals surface area contributed by atoms with E-state index in [4.69, 9.17) is 10.5 Å². The molecule has 1 heterocycles. The van der Waals surface area contributed by atoms with Crippen LogP contribution in [0.25, 0.3) is 0 Å². The smallest absolute Gasteiger partial charge is 0.253 e. The summed E-state index contributed by atoms with van der Waals surface area (Å²) in [6.45, 7) is 1.64. The van der Waals surface area contributed by atoms with Gasteiger partial charge in [0.05, 0.1) is 18.6 Å². The van der Waals surface area contributed by atoms with E-state index in [1.807, 2.05) is 6.07 Å². The van der Waals surface area contributed by atoms with Crippen molar-refractivity contribution in [2.24, 2.45) is 0 Å². The van der Waals surface area contributed by atoms with E-state index in [1.165, 1.54) is 4.68 Å². The topological polar surface area (TPSA) is 107 Å². The van der Waals surface area contributed by atoms with Gasteiger partial charge in [-0.15, -0.1) is 10.2 Å². The lowest BCUT2D eigenvalue weighted by molar-refractivity contribution is -0.116. The highest BCUT2D eigenvalue weighted by atomic mass is 16.2. The highest BCUT2D eigenvalue weighted by molar-refractivity contribution is 5.85. The van der Waals surface area contributed by atoms with Crippen LogP contribution in [0.2, 0.25) is 0 Å². The van der Waals surface area contributed by atoms with Crippen molar-refractivity contribution in [2.45, 2.75) is 19.8 Å². The van der Waals surface area contributed by atoms with Gasteiger partial charge in [-0.25, -0.2) is 4.68 Å². The molecule has 0 unspecified atom stereocenters. The van der Waals surface area contributed by atoms with Gasteiger partial charge in [0.15, 0.2) is 5.82 Å².